The number of hydrogen-bond donors (Lipinski definition) is 4. The smallest absolute Gasteiger partial charge is 0.354 e. The molecule has 1 heterocycles. The molecule has 0 atom stereocenters. The molecule has 0 fully saturated rings. The number of hydrazine groups is 1. The fourth-order valence-corrected chi connectivity index (χ4v) is 1.23. The number of aliphatic hydroxyl groups is 1. The van der Waals surface area contributed by atoms with Crippen molar-refractivity contribution in [2.24, 2.45) is 5.84 Å². The minimum Gasteiger partial charge on any atom is -0.396 e. The molecule has 1 aromatic heterocycles. The summed E-state index contributed by atoms with van der Waals surface area (Å²) in [7, 11) is 0. The third-order valence-corrected chi connectivity index (χ3v) is 2.02. The molecule has 0 spiro atoms. The molecule has 0 aromatic carbocycles. The van der Waals surface area contributed by atoms with Gasteiger partial charge in [-0.1, -0.05) is 0 Å². The van der Waals surface area contributed by atoms with Gasteiger partial charge in [-0.3, -0.25) is 10.1 Å². The molecule has 0 unspecified atom stereocenters. The lowest BCUT2D eigenvalue weighted by Crippen LogP contribution is -2.14. The van der Waals surface area contributed by atoms with E-state index in [4.69, 9.17) is 10.9 Å². The maximum Gasteiger partial charge on any atom is 0.354 e. The molecule has 17 heavy (non-hydrogen) atoms. The molecular formula is C8H14N6O3. The highest BCUT2D eigenvalue weighted by atomic mass is 16.6. The lowest BCUT2D eigenvalue weighted by molar-refractivity contribution is -0.383. The summed E-state index contributed by atoms with van der Waals surface area (Å²) in [5, 5.41) is 22.2. The van der Waals surface area contributed by atoms with Gasteiger partial charge in [0.2, 0.25) is 11.6 Å². The normalized spacial score (nSPS) is 10.0. The van der Waals surface area contributed by atoms with Crippen LogP contribution in [-0.4, -0.2) is 33.1 Å². The third-order valence-electron chi connectivity index (χ3n) is 2.02. The van der Waals surface area contributed by atoms with Crippen LogP contribution in [0.4, 0.5) is 17.3 Å². The number of aromatic nitrogens is 2. The van der Waals surface area contributed by atoms with E-state index in [1.54, 1.807) is 0 Å². The van der Waals surface area contributed by atoms with Gasteiger partial charge in [-0.15, -0.1) is 0 Å². The number of nitrogens with one attached hydrogen (secondary N) is 2. The molecule has 0 saturated carbocycles. The molecule has 0 bridgehead atoms. The fourth-order valence-electron chi connectivity index (χ4n) is 1.23. The van der Waals surface area contributed by atoms with Crippen LogP contribution in [0.3, 0.4) is 0 Å². The summed E-state index contributed by atoms with van der Waals surface area (Å²) in [6, 6.07) is 0. The highest BCUT2D eigenvalue weighted by Crippen LogP contribution is 2.27. The Labute approximate surface area is 97.2 Å². The quantitative estimate of drug-likeness (QED) is 0.224. The largest absolute Gasteiger partial charge is 0.396 e. The number of nitrogens with zero attached hydrogens (tertiary/aromatic N) is 3. The average molecular weight is 242 g/mol. The second kappa shape index (κ2) is 6.55. The summed E-state index contributed by atoms with van der Waals surface area (Å²) < 4.78 is 0. The lowest BCUT2D eigenvalue weighted by Gasteiger charge is -2.07. The zero-order chi connectivity index (χ0) is 12.7. The zero-order valence-corrected chi connectivity index (χ0v) is 9.09. The van der Waals surface area contributed by atoms with Crippen LogP contribution in [0.15, 0.2) is 6.33 Å². The van der Waals surface area contributed by atoms with Crippen LogP contribution in [0, 0.1) is 10.1 Å². The Balaban J connectivity index is 2.79. The number of nitro groups is 1. The highest BCUT2D eigenvalue weighted by Gasteiger charge is 2.21. The van der Waals surface area contributed by atoms with Crippen LogP contribution in [-0.2, 0) is 0 Å². The Morgan fingerprint density at radius 1 is 1.41 bits per heavy atom. The van der Waals surface area contributed by atoms with Gasteiger partial charge in [0.25, 0.3) is 0 Å². The molecule has 0 radical (unpaired) electrons. The van der Waals surface area contributed by atoms with Crippen molar-refractivity contribution in [3.63, 3.8) is 0 Å². The summed E-state index contributed by atoms with van der Waals surface area (Å²) in [5.74, 6) is 5.19. The Morgan fingerprint density at radius 2 is 2.12 bits per heavy atom. The van der Waals surface area contributed by atoms with Crippen LogP contribution in [0.2, 0.25) is 0 Å². The summed E-state index contributed by atoms with van der Waals surface area (Å²) in [6.45, 7) is 0.561. The second-order valence-electron chi connectivity index (χ2n) is 3.18. The molecule has 9 heteroatoms. The Bertz CT molecular complexity index is 386. The van der Waals surface area contributed by atoms with Crippen molar-refractivity contribution >= 4 is 17.3 Å². The first-order valence-corrected chi connectivity index (χ1v) is 5.01. The summed E-state index contributed by atoms with van der Waals surface area (Å²) >= 11 is 0. The van der Waals surface area contributed by atoms with E-state index in [0.29, 0.717) is 19.4 Å². The first-order valence-electron chi connectivity index (χ1n) is 5.01. The standard InChI is InChI=1S/C8H14N6O3/c9-13-8-6(14(16)17)7(11-5-12-8)10-3-1-2-4-15/h5,15H,1-4,9H2,(H2,10,11,12,13). The topological polar surface area (TPSA) is 139 Å². The number of aliphatic hydroxyl groups excluding tert-OH is 1. The highest BCUT2D eigenvalue weighted by molar-refractivity contribution is 5.68. The maximum atomic E-state index is 10.8. The van der Waals surface area contributed by atoms with Crippen molar-refractivity contribution in [3.8, 4) is 0 Å². The van der Waals surface area contributed by atoms with E-state index in [-0.39, 0.29) is 23.9 Å². The minimum atomic E-state index is -0.608. The number of rotatable bonds is 7. The SMILES string of the molecule is NNc1ncnc(NCCCCO)c1[N+](=O)[O-]. The van der Waals surface area contributed by atoms with Gasteiger partial charge in [-0.05, 0) is 12.8 Å². The van der Waals surface area contributed by atoms with Crippen molar-refractivity contribution in [1.82, 2.24) is 9.97 Å². The van der Waals surface area contributed by atoms with Gasteiger partial charge >= 0.3 is 5.69 Å². The minimum absolute atomic E-state index is 0.0466. The molecule has 9 nitrogen and oxygen atoms in total. The zero-order valence-electron chi connectivity index (χ0n) is 9.09. The first kappa shape index (κ1) is 13.1. The van der Waals surface area contributed by atoms with Crippen molar-refractivity contribution in [3.05, 3.63) is 16.4 Å². The van der Waals surface area contributed by atoms with Crippen LogP contribution in [0.25, 0.3) is 0 Å². The van der Waals surface area contributed by atoms with Gasteiger partial charge in [0.15, 0.2) is 0 Å². The van der Waals surface area contributed by atoms with E-state index in [0.717, 1.165) is 0 Å². The third kappa shape index (κ3) is 3.50. The summed E-state index contributed by atoms with van der Waals surface area (Å²) in [6.07, 6.45) is 2.48. The van der Waals surface area contributed by atoms with Gasteiger partial charge < -0.3 is 15.8 Å². The average Bonchev–Trinajstić information content (AvgIpc) is 2.33. The summed E-state index contributed by atoms with van der Waals surface area (Å²) in [5.41, 5.74) is 1.85. The Morgan fingerprint density at radius 3 is 2.71 bits per heavy atom. The number of anilines is 2. The van der Waals surface area contributed by atoms with Gasteiger partial charge in [0.1, 0.15) is 6.33 Å². The Hall–Kier alpha value is -2.00. The van der Waals surface area contributed by atoms with Gasteiger partial charge in [0.05, 0.1) is 4.92 Å². The molecule has 0 aliphatic heterocycles. The second-order valence-corrected chi connectivity index (χ2v) is 3.18. The molecule has 0 saturated heterocycles. The van der Waals surface area contributed by atoms with Crippen molar-refractivity contribution in [2.75, 3.05) is 23.9 Å². The van der Waals surface area contributed by atoms with E-state index in [9.17, 15) is 10.1 Å². The number of unbranched alkanes of at least 4 members (excludes halogenated alkanes) is 1. The van der Waals surface area contributed by atoms with E-state index in [1.807, 2.05) is 0 Å². The summed E-state index contributed by atoms with van der Waals surface area (Å²) in [4.78, 5) is 17.7. The van der Waals surface area contributed by atoms with Crippen molar-refractivity contribution < 1.29 is 10.0 Å². The number of nitrogen functional groups attached to an aromatic ring is 1. The van der Waals surface area contributed by atoms with Crippen molar-refractivity contribution in [2.45, 2.75) is 12.8 Å². The van der Waals surface area contributed by atoms with Crippen LogP contribution in [0.1, 0.15) is 12.8 Å². The van der Waals surface area contributed by atoms with Crippen LogP contribution < -0.4 is 16.6 Å². The molecular weight excluding hydrogens is 228 g/mol. The van der Waals surface area contributed by atoms with E-state index in [1.165, 1.54) is 6.33 Å². The number of hydrogen-bond acceptors (Lipinski definition) is 8. The maximum absolute atomic E-state index is 10.8. The molecule has 1 aromatic rings. The molecule has 5 N–H and O–H groups in total. The van der Waals surface area contributed by atoms with E-state index in [2.05, 4.69) is 20.7 Å². The predicted molar refractivity (Wildman–Crippen MR) is 61.3 cm³/mol. The monoisotopic (exact) mass is 242 g/mol. The fraction of sp³-hybridized carbons (Fsp3) is 0.500. The van der Waals surface area contributed by atoms with Crippen LogP contribution >= 0.6 is 0 Å². The molecule has 0 aliphatic rings. The van der Waals surface area contributed by atoms with Gasteiger partial charge in [-0.2, -0.15) is 0 Å². The Kier molecular flexibility index (Phi) is 5.04. The first-order chi connectivity index (χ1) is 8.20. The van der Waals surface area contributed by atoms with Gasteiger partial charge in [-0.25, -0.2) is 15.8 Å². The van der Waals surface area contributed by atoms with Gasteiger partial charge in [0, 0.05) is 13.2 Å². The van der Waals surface area contributed by atoms with E-state index >= 15 is 0 Å². The van der Waals surface area contributed by atoms with Crippen LogP contribution in [0.5, 0.6) is 0 Å². The number of nitrogens with two attached hydrogens (primary N) is 1. The molecule has 0 amide bonds. The van der Waals surface area contributed by atoms with Crippen molar-refractivity contribution in [1.29, 1.82) is 0 Å². The van der Waals surface area contributed by atoms with E-state index < -0.39 is 4.92 Å². The molecule has 0 aliphatic carbocycles. The lowest BCUT2D eigenvalue weighted by atomic mass is 10.3. The molecule has 94 valence electrons. The molecule has 1 rings (SSSR count). The predicted octanol–water partition coefficient (Wildman–Crippen LogP) is -0.145.